The maximum absolute atomic E-state index is 9.72. The summed E-state index contributed by atoms with van der Waals surface area (Å²) < 4.78 is 1.16. The average molecular weight is 287 g/mol. The third-order valence-corrected chi connectivity index (χ3v) is 4.82. The van der Waals surface area contributed by atoms with Gasteiger partial charge < -0.3 is 9.59 Å². The number of unbranched alkanes of at least 4 members (excludes halogenated alkanes) is 6. The highest BCUT2D eigenvalue weighted by atomic mass is 16.3. The molecule has 2 heteroatoms. The Hall–Kier alpha value is -0.0800. The number of rotatable bonds is 14. The molecule has 1 unspecified atom stereocenters. The van der Waals surface area contributed by atoms with E-state index in [1.165, 1.54) is 77.4 Å². The maximum atomic E-state index is 9.72. The van der Waals surface area contributed by atoms with Gasteiger partial charge in [-0.3, -0.25) is 0 Å². The summed E-state index contributed by atoms with van der Waals surface area (Å²) in [6, 6.07) is 0.403. The molecule has 2 nitrogen and oxygen atoms in total. The molecule has 122 valence electrons. The molecule has 0 bridgehead atoms. The largest absolute Gasteiger partial charge is 0.390 e. The van der Waals surface area contributed by atoms with Crippen molar-refractivity contribution in [1.82, 2.24) is 0 Å². The summed E-state index contributed by atoms with van der Waals surface area (Å²) in [7, 11) is 0. The number of aliphatic hydroxyl groups is 1. The first-order valence-corrected chi connectivity index (χ1v) is 9.13. The summed E-state index contributed by atoms with van der Waals surface area (Å²) in [5.74, 6) is 0. The minimum absolute atomic E-state index is 0.338. The smallest absolute Gasteiger partial charge is 0.110 e. The van der Waals surface area contributed by atoms with Crippen molar-refractivity contribution in [3.05, 3.63) is 0 Å². The molecule has 0 aliphatic rings. The fourth-order valence-electron chi connectivity index (χ4n) is 3.20. The molecule has 1 atom stereocenters. The van der Waals surface area contributed by atoms with Crippen LogP contribution < -0.4 is 0 Å². The van der Waals surface area contributed by atoms with Crippen molar-refractivity contribution in [1.29, 1.82) is 0 Å². The monoisotopic (exact) mass is 286 g/mol. The molecule has 0 rings (SSSR count). The van der Waals surface area contributed by atoms with Crippen LogP contribution in [0.2, 0.25) is 0 Å². The molecule has 0 aromatic carbocycles. The van der Waals surface area contributed by atoms with E-state index in [1.54, 1.807) is 0 Å². The van der Waals surface area contributed by atoms with Crippen LogP contribution >= 0.6 is 0 Å². The molecule has 0 saturated carbocycles. The number of nitrogens with zero attached hydrogens (tertiary/aromatic N) is 1. The van der Waals surface area contributed by atoms with Gasteiger partial charge in [-0.2, -0.15) is 0 Å². The van der Waals surface area contributed by atoms with E-state index in [0.717, 1.165) is 4.48 Å². The molecule has 0 fully saturated rings. The van der Waals surface area contributed by atoms with Crippen molar-refractivity contribution in [3.63, 3.8) is 0 Å². The van der Waals surface area contributed by atoms with Gasteiger partial charge in [0.15, 0.2) is 0 Å². The van der Waals surface area contributed by atoms with Crippen molar-refractivity contribution in [2.24, 2.45) is 0 Å². The molecule has 0 heterocycles. The van der Waals surface area contributed by atoms with Crippen LogP contribution in [0.4, 0.5) is 0 Å². The van der Waals surface area contributed by atoms with Gasteiger partial charge in [-0.15, -0.1) is 0 Å². The van der Waals surface area contributed by atoms with Crippen LogP contribution in [0.25, 0.3) is 0 Å². The van der Waals surface area contributed by atoms with Crippen molar-refractivity contribution in [2.45, 2.75) is 91.5 Å². The van der Waals surface area contributed by atoms with Crippen molar-refractivity contribution in [3.8, 4) is 0 Å². The van der Waals surface area contributed by atoms with Gasteiger partial charge in [-0.1, -0.05) is 40.0 Å². The molecule has 0 aliphatic carbocycles. The fourth-order valence-corrected chi connectivity index (χ4v) is 3.20. The molecule has 20 heavy (non-hydrogen) atoms. The quantitative estimate of drug-likeness (QED) is 0.361. The van der Waals surface area contributed by atoms with E-state index in [0.29, 0.717) is 12.6 Å². The summed E-state index contributed by atoms with van der Waals surface area (Å²) in [4.78, 5) is 0. The molecule has 1 N–H and O–H groups in total. The highest BCUT2D eigenvalue weighted by molar-refractivity contribution is 4.57. The van der Waals surface area contributed by atoms with E-state index >= 15 is 0 Å². The molecule has 0 amide bonds. The third-order valence-electron chi connectivity index (χ3n) is 4.82. The topological polar surface area (TPSA) is 20.2 Å². The standard InChI is InChI=1S/C18H40NO/c1-5-8-11-14-19(18(4)17-20,15-12-9-6-2)16-13-10-7-3/h18,20H,5-17H2,1-4H3/q+1. The van der Waals surface area contributed by atoms with Gasteiger partial charge in [0, 0.05) is 0 Å². The molecule has 0 spiro atoms. The molecule has 0 saturated heterocycles. The van der Waals surface area contributed by atoms with Crippen molar-refractivity contribution in [2.75, 3.05) is 26.2 Å². The van der Waals surface area contributed by atoms with E-state index < -0.39 is 0 Å². The molecular formula is C18H40NO+. The van der Waals surface area contributed by atoms with Crippen LogP contribution in [0.1, 0.15) is 85.5 Å². The van der Waals surface area contributed by atoms with E-state index in [2.05, 4.69) is 27.7 Å². The molecule has 0 aromatic heterocycles. The third kappa shape index (κ3) is 7.64. The minimum atomic E-state index is 0.338. The lowest BCUT2D eigenvalue weighted by Gasteiger charge is -2.43. The first-order chi connectivity index (χ1) is 9.66. The number of hydrogen-bond donors (Lipinski definition) is 1. The second kappa shape index (κ2) is 12.6. The molecule has 0 aliphatic heterocycles. The summed E-state index contributed by atoms with van der Waals surface area (Å²) in [5, 5.41) is 9.72. The van der Waals surface area contributed by atoms with Crippen LogP contribution in [-0.2, 0) is 0 Å². The lowest BCUT2D eigenvalue weighted by atomic mass is 10.1. The van der Waals surface area contributed by atoms with Gasteiger partial charge in [-0.25, -0.2) is 0 Å². The highest BCUT2D eigenvalue weighted by Gasteiger charge is 2.31. The van der Waals surface area contributed by atoms with Crippen LogP contribution in [0.15, 0.2) is 0 Å². The normalized spacial score (nSPS) is 13.7. The zero-order valence-corrected chi connectivity index (χ0v) is 14.7. The van der Waals surface area contributed by atoms with Crippen LogP contribution in [-0.4, -0.2) is 41.9 Å². The van der Waals surface area contributed by atoms with Crippen LogP contribution in [0.5, 0.6) is 0 Å². The average Bonchev–Trinajstić information content (AvgIpc) is 2.46. The predicted octanol–water partition coefficient (Wildman–Crippen LogP) is 4.75. The van der Waals surface area contributed by atoms with E-state index in [4.69, 9.17) is 0 Å². The van der Waals surface area contributed by atoms with Crippen molar-refractivity contribution < 1.29 is 9.59 Å². The van der Waals surface area contributed by atoms with E-state index in [-0.39, 0.29) is 0 Å². The van der Waals surface area contributed by atoms with Gasteiger partial charge >= 0.3 is 0 Å². The van der Waals surface area contributed by atoms with Gasteiger partial charge in [0.05, 0.1) is 26.2 Å². The van der Waals surface area contributed by atoms with E-state index in [9.17, 15) is 5.11 Å². The SMILES string of the molecule is CCCCC[N+](CCCCC)(CCCCC)C(C)CO. The van der Waals surface area contributed by atoms with Crippen molar-refractivity contribution >= 4 is 0 Å². The summed E-state index contributed by atoms with van der Waals surface area (Å²) in [6.45, 7) is 13.2. The van der Waals surface area contributed by atoms with E-state index in [1.807, 2.05) is 0 Å². The first-order valence-electron chi connectivity index (χ1n) is 9.13. The number of hydrogen-bond acceptors (Lipinski definition) is 1. The van der Waals surface area contributed by atoms with Gasteiger partial charge in [-0.05, 0) is 45.4 Å². The highest BCUT2D eigenvalue weighted by Crippen LogP contribution is 2.20. The van der Waals surface area contributed by atoms with Crippen LogP contribution in [0.3, 0.4) is 0 Å². The zero-order chi connectivity index (χ0) is 15.3. The Balaban J connectivity index is 4.66. The van der Waals surface area contributed by atoms with Gasteiger partial charge in [0.2, 0.25) is 0 Å². The number of aliphatic hydroxyl groups excluding tert-OH is 1. The Bertz CT molecular complexity index is 179. The van der Waals surface area contributed by atoms with Gasteiger partial charge in [0.25, 0.3) is 0 Å². The predicted molar refractivity (Wildman–Crippen MR) is 90.0 cm³/mol. The summed E-state index contributed by atoms with van der Waals surface area (Å²) >= 11 is 0. The van der Waals surface area contributed by atoms with Gasteiger partial charge in [0.1, 0.15) is 6.04 Å². The molecule has 0 aromatic rings. The Kier molecular flexibility index (Phi) is 12.6. The first kappa shape index (κ1) is 19.9. The second-order valence-electron chi connectivity index (χ2n) is 6.54. The lowest BCUT2D eigenvalue weighted by Crippen LogP contribution is -2.57. The summed E-state index contributed by atoms with van der Waals surface area (Å²) in [6.07, 6.45) is 11.8. The Labute approximate surface area is 128 Å². The summed E-state index contributed by atoms with van der Waals surface area (Å²) in [5.41, 5.74) is 0. The zero-order valence-electron chi connectivity index (χ0n) is 14.7. The maximum Gasteiger partial charge on any atom is 0.110 e. The Morgan fingerprint density at radius 3 is 1.30 bits per heavy atom. The minimum Gasteiger partial charge on any atom is -0.390 e. The van der Waals surface area contributed by atoms with Crippen LogP contribution in [0, 0.1) is 0 Å². The Morgan fingerprint density at radius 2 is 1.05 bits per heavy atom. The lowest BCUT2D eigenvalue weighted by molar-refractivity contribution is -0.950. The molecule has 0 radical (unpaired) electrons. The Morgan fingerprint density at radius 1 is 0.700 bits per heavy atom. The number of quaternary nitrogens is 1. The molecular weight excluding hydrogens is 246 g/mol. The second-order valence-corrected chi connectivity index (χ2v) is 6.54. The fraction of sp³-hybridized carbons (Fsp3) is 1.00.